The molecule has 0 atom stereocenters. The maximum absolute atomic E-state index is 11.9. The lowest BCUT2D eigenvalue weighted by Gasteiger charge is -2.13. The lowest BCUT2D eigenvalue weighted by Crippen LogP contribution is -2.20. The van der Waals surface area contributed by atoms with Gasteiger partial charge in [0, 0.05) is 25.5 Å². The van der Waals surface area contributed by atoms with E-state index in [1.807, 2.05) is 75.3 Å². The molecule has 116 valence electrons. The van der Waals surface area contributed by atoms with Crippen molar-refractivity contribution in [1.82, 2.24) is 0 Å². The molecule has 0 aromatic heterocycles. The number of nitrogens with zero attached hydrogens (tertiary/aromatic N) is 1. The normalized spacial score (nSPS) is 10.2. The van der Waals surface area contributed by atoms with Gasteiger partial charge in [0.15, 0.2) is 6.61 Å². The van der Waals surface area contributed by atoms with Crippen molar-refractivity contribution >= 4 is 17.3 Å². The maximum Gasteiger partial charge on any atom is 0.262 e. The van der Waals surface area contributed by atoms with E-state index >= 15 is 0 Å². The summed E-state index contributed by atoms with van der Waals surface area (Å²) in [6.07, 6.45) is 0. The number of hydrogen-bond acceptors (Lipinski definition) is 3. The largest absolute Gasteiger partial charge is 0.483 e. The van der Waals surface area contributed by atoms with Crippen LogP contribution in [0.3, 0.4) is 0 Å². The van der Waals surface area contributed by atoms with E-state index in [0.717, 1.165) is 22.7 Å². The third-order valence-corrected chi connectivity index (χ3v) is 3.36. The Morgan fingerprint density at radius 1 is 1.09 bits per heavy atom. The van der Waals surface area contributed by atoms with Crippen molar-refractivity contribution in [2.45, 2.75) is 13.8 Å². The van der Waals surface area contributed by atoms with Crippen molar-refractivity contribution in [3.8, 4) is 5.75 Å². The molecule has 0 aliphatic heterocycles. The molecule has 22 heavy (non-hydrogen) atoms. The van der Waals surface area contributed by atoms with Gasteiger partial charge in [-0.15, -0.1) is 0 Å². The molecule has 0 radical (unpaired) electrons. The first-order chi connectivity index (χ1) is 10.5. The minimum Gasteiger partial charge on any atom is -0.483 e. The minimum absolute atomic E-state index is 0.000662. The molecule has 1 amide bonds. The van der Waals surface area contributed by atoms with Crippen LogP contribution in [0.4, 0.5) is 11.4 Å². The van der Waals surface area contributed by atoms with Crippen LogP contribution in [0.5, 0.6) is 5.75 Å². The Hall–Kier alpha value is -2.49. The van der Waals surface area contributed by atoms with Gasteiger partial charge in [0.2, 0.25) is 0 Å². The van der Waals surface area contributed by atoms with Crippen LogP contribution in [0.25, 0.3) is 0 Å². The number of benzene rings is 2. The van der Waals surface area contributed by atoms with E-state index in [1.54, 1.807) is 0 Å². The summed E-state index contributed by atoms with van der Waals surface area (Å²) in [6, 6.07) is 13.6. The number of amides is 1. The molecule has 4 heteroatoms. The fourth-order valence-electron chi connectivity index (χ4n) is 2.14. The summed E-state index contributed by atoms with van der Waals surface area (Å²) in [6.45, 7) is 4.00. The first-order valence-electron chi connectivity index (χ1n) is 7.23. The van der Waals surface area contributed by atoms with Gasteiger partial charge in [-0.05, 0) is 49.7 Å². The predicted octanol–water partition coefficient (Wildman–Crippen LogP) is 3.39. The topological polar surface area (TPSA) is 41.6 Å². The third-order valence-electron chi connectivity index (χ3n) is 3.36. The monoisotopic (exact) mass is 298 g/mol. The predicted molar refractivity (Wildman–Crippen MR) is 90.8 cm³/mol. The Balaban J connectivity index is 1.90. The summed E-state index contributed by atoms with van der Waals surface area (Å²) in [5, 5.41) is 2.83. The van der Waals surface area contributed by atoms with Crippen molar-refractivity contribution in [2.24, 2.45) is 0 Å². The van der Waals surface area contributed by atoms with Gasteiger partial charge in [-0.3, -0.25) is 4.79 Å². The number of aryl methyl sites for hydroxylation is 2. The van der Waals surface area contributed by atoms with Crippen LogP contribution in [0.15, 0.2) is 42.5 Å². The molecule has 0 fully saturated rings. The van der Waals surface area contributed by atoms with Gasteiger partial charge in [-0.2, -0.15) is 0 Å². The molecule has 0 aliphatic rings. The molecular weight excluding hydrogens is 276 g/mol. The van der Waals surface area contributed by atoms with Gasteiger partial charge in [0.05, 0.1) is 0 Å². The van der Waals surface area contributed by atoms with E-state index in [1.165, 1.54) is 5.56 Å². The highest BCUT2D eigenvalue weighted by Gasteiger charge is 2.06. The zero-order valence-electron chi connectivity index (χ0n) is 13.5. The molecule has 0 aliphatic carbocycles. The van der Waals surface area contributed by atoms with Crippen LogP contribution < -0.4 is 15.0 Å². The van der Waals surface area contributed by atoms with E-state index < -0.39 is 0 Å². The van der Waals surface area contributed by atoms with Gasteiger partial charge in [-0.1, -0.05) is 17.7 Å². The summed E-state index contributed by atoms with van der Waals surface area (Å²) in [7, 11) is 3.96. The number of nitrogens with one attached hydrogen (secondary N) is 1. The number of carbonyl (C=O) groups excluding carboxylic acids is 1. The van der Waals surface area contributed by atoms with Crippen LogP contribution in [-0.2, 0) is 4.79 Å². The molecule has 0 heterocycles. The zero-order chi connectivity index (χ0) is 16.1. The smallest absolute Gasteiger partial charge is 0.262 e. The van der Waals surface area contributed by atoms with Crippen LogP contribution >= 0.6 is 0 Å². The number of carbonyl (C=O) groups is 1. The lowest BCUT2D eigenvalue weighted by atomic mass is 10.1. The molecular formula is C18H22N2O2. The van der Waals surface area contributed by atoms with Crippen molar-refractivity contribution < 1.29 is 9.53 Å². The molecule has 1 N–H and O–H groups in total. The highest BCUT2D eigenvalue weighted by molar-refractivity contribution is 5.92. The summed E-state index contributed by atoms with van der Waals surface area (Å²) >= 11 is 0. The molecule has 4 nitrogen and oxygen atoms in total. The molecule has 0 saturated heterocycles. The molecule has 0 saturated carbocycles. The van der Waals surface area contributed by atoms with Gasteiger partial charge in [-0.25, -0.2) is 0 Å². The number of anilines is 2. The van der Waals surface area contributed by atoms with Crippen LogP contribution in [0.2, 0.25) is 0 Å². The lowest BCUT2D eigenvalue weighted by molar-refractivity contribution is -0.118. The first-order valence-corrected chi connectivity index (χ1v) is 7.23. The van der Waals surface area contributed by atoms with Crippen molar-refractivity contribution in [1.29, 1.82) is 0 Å². The fraction of sp³-hybridized carbons (Fsp3) is 0.278. The summed E-state index contributed by atoms with van der Waals surface area (Å²) < 4.78 is 5.57. The average Bonchev–Trinajstić information content (AvgIpc) is 2.47. The Morgan fingerprint density at radius 2 is 1.77 bits per heavy atom. The van der Waals surface area contributed by atoms with Crippen molar-refractivity contribution in [3.63, 3.8) is 0 Å². The highest BCUT2D eigenvalue weighted by atomic mass is 16.5. The van der Waals surface area contributed by atoms with E-state index in [9.17, 15) is 4.79 Å². The second-order valence-corrected chi connectivity index (χ2v) is 5.55. The summed E-state index contributed by atoms with van der Waals surface area (Å²) in [4.78, 5) is 13.9. The number of hydrogen-bond donors (Lipinski definition) is 1. The third kappa shape index (κ3) is 4.25. The van der Waals surface area contributed by atoms with E-state index in [2.05, 4.69) is 5.32 Å². The van der Waals surface area contributed by atoms with E-state index in [0.29, 0.717) is 0 Å². The van der Waals surface area contributed by atoms with Gasteiger partial charge >= 0.3 is 0 Å². The molecule has 2 aromatic carbocycles. The van der Waals surface area contributed by atoms with Gasteiger partial charge in [0.25, 0.3) is 5.91 Å². The quantitative estimate of drug-likeness (QED) is 0.920. The van der Waals surface area contributed by atoms with Crippen LogP contribution in [0, 0.1) is 13.8 Å². The number of ether oxygens (including phenoxy) is 1. The van der Waals surface area contributed by atoms with E-state index in [-0.39, 0.29) is 12.5 Å². The maximum atomic E-state index is 11.9. The highest BCUT2D eigenvalue weighted by Crippen LogP contribution is 2.19. The second-order valence-electron chi connectivity index (χ2n) is 5.55. The average molecular weight is 298 g/mol. The first kappa shape index (κ1) is 15.9. The number of rotatable bonds is 5. The molecule has 0 bridgehead atoms. The Bertz CT molecular complexity index is 649. The van der Waals surface area contributed by atoms with Gasteiger partial charge in [0.1, 0.15) is 5.75 Å². The summed E-state index contributed by atoms with van der Waals surface area (Å²) in [5.41, 5.74) is 4.06. The Labute approximate surface area is 131 Å². The fourth-order valence-corrected chi connectivity index (χ4v) is 2.14. The molecule has 0 spiro atoms. The van der Waals surface area contributed by atoms with Crippen molar-refractivity contribution in [2.75, 3.05) is 30.9 Å². The molecule has 2 rings (SSSR count). The summed E-state index contributed by atoms with van der Waals surface area (Å²) in [5.74, 6) is 0.571. The van der Waals surface area contributed by atoms with Crippen LogP contribution in [0.1, 0.15) is 11.1 Å². The second kappa shape index (κ2) is 6.98. The Morgan fingerprint density at radius 3 is 2.36 bits per heavy atom. The van der Waals surface area contributed by atoms with Gasteiger partial charge < -0.3 is 15.0 Å². The molecule has 0 unspecified atom stereocenters. The Kier molecular flexibility index (Phi) is 5.04. The van der Waals surface area contributed by atoms with Crippen LogP contribution in [-0.4, -0.2) is 26.6 Å². The SMILES string of the molecule is Cc1ccc(OCC(=O)Nc2ccc(N(C)C)cc2)c(C)c1. The minimum atomic E-state index is -0.169. The standard InChI is InChI=1S/C18H22N2O2/c1-13-5-10-17(14(2)11-13)22-12-18(21)19-15-6-8-16(9-7-15)20(3)4/h5-11H,12H2,1-4H3,(H,19,21). The van der Waals surface area contributed by atoms with Crippen molar-refractivity contribution in [3.05, 3.63) is 53.6 Å². The zero-order valence-corrected chi connectivity index (χ0v) is 13.5. The molecule has 2 aromatic rings. The van der Waals surface area contributed by atoms with E-state index in [4.69, 9.17) is 4.74 Å².